The van der Waals surface area contributed by atoms with E-state index >= 15 is 0 Å². The molecule has 3 heterocycles. The van der Waals surface area contributed by atoms with Gasteiger partial charge in [0.25, 0.3) is 5.56 Å². The minimum Gasteiger partial charge on any atom is -0.476 e. The third-order valence-electron chi connectivity index (χ3n) is 2.94. The van der Waals surface area contributed by atoms with Gasteiger partial charge in [-0.3, -0.25) is 9.48 Å². The summed E-state index contributed by atoms with van der Waals surface area (Å²) < 4.78 is 3.01. The summed E-state index contributed by atoms with van der Waals surface area (Å²) in [4.78, 5) is 25.2. The molecule has 0 spiro atoms. The Morgan fingerprint density at radius 1 is 1.25 bits per heavy atom. The molecular weight excluding hydrogens is 262 g/mol. The Balaban J connectivity index is 2.37. The summed E-state index contributed by atoms with van der Waals surface area (Å²) in [6, 6.07) is 4.48. The van der Waals surface area contributed by atoms with Gasteiger partial charge in [-0.25, -0.2) is 9.31 Å². The van der Waals surface area contributed by atoms with Crippen LogP contribution in [0.5, 0.6) is 0 Å². The maximum absolute atomic E-state index is 11.7. The van der Waals surface area contributed by atoms with Gasteiger partial charge in [-0.15, -0.1) is 0 Å². The van der Waals surface area contributed by atoms with Crippen molar-refractivity contribution in [3.63, 3.8) is 0 Å². The van der Waals surface area contributed by atoms with Gasteiger partial charge >= 0.3 is 5.97 Å². The number of H-pyrrole nitrogens is 1. The van der Waals surface area contributed by atoms with Crippen molar-refractivity contribution in [3.8, 4) is 11.4 Å². The van der Waals surface area contributed by atoms with Crippen LogP contribution in [0.1, 0.15) is 16.2 Å². The van der Waals surface area contributed by atoms with Crippen LogP contribution in [0.2, 0.25) is 0 Å². The number of aromatic amines is 1. The average Bonchev–Trinajstić information content (AvgIpc) is 2.91. The lowest BCUT2D eigenvalue weighted by Crippen LogP contribution is -2.11. The first kappa shape index (κ1) is 12.2. The van der Waals surface area contributed by atoms with Gasteiger partial charge in [0.15, 0.2) is 5.69 Å². The number of fused-ring (bicyclic) bond motifs is 1. The van der Waals surface area contributed by atoms with Crippen LogP contribution in [0.4, 0.5) is 0 Å². The fourth-order valence-electron chi connectivity index (χ4n) is 2.14. The van der Waals surface area contributed by atoms with Crippen LogP contribution in [0, 0.1) is 6.92 Å². The van der Waals surface area contributed by atoms with E-state index in [9.17, 15) is 9.59 Å². The molecule has 0 fully saturated rings. The highest BCUT2D eigenvalue weighted by molar-refractivity contribution is 5.86. The van der Waals surface area contributed by atoms with Crippen LogP contribution in [0.15, 0.2) is 23.0 Å². The van der Waals surface area contributed by atoms with Crippen molar-refractivity contribution in [1.29, 1.82) is 0 Å². The largest absolute Gasteiger partial charge is 0.476 e. The van der Waals surface area contributed by atoms with E-state index in [4.69, 9.17) is 5.11 Å². The lowest BCUT2D eigenvalue weighted by atomic mass is 10.2. The van der Waals surface area contributed by atoms with Crippen molar-refractivity contribution in [2.24, 2.45) is 7.05 Å². The SMILES string of the molecule is Cc1cc(-c2cc(=O)[nH]c3cc(C(=O)O)nn23)n(C)n1. The molecule has 0 radical (unpaired) electrons. The number of nitrogens with zero attached hydrogens (tertiary/aromatic N) is 4. The number of carboxylic acid groups (broad SMARTS) is 1. The maximum Gasteiger partial charge on any atom is 0.356 e. The average molecular weight is 273 g/mol. The summed E-state index contributed by atoms with van der Waals surface area (Å²) in [7, 11) is 1.75. The fourth-order valence-corrected chi connectivity index (χ4v) is 2.14. The van der Waals surface area contributed by atoms with Crippen LogP contribution >= 0.6 is 0 Å². The molecule has 0 unspecified atom stereocenters. The molecule has 0 bridgehead atoms. The number of aromatic carboxylic acids is 1. The first-order valence-electron chi connectivity index (χ1n) is 5.83. The van der Waals surface area contributed by atoms with E-state index in [0.29, 0.717) is 17.0 Å². The van der Waals surface area contributed by atoms with E-state index in [1.165, 1.54) is 16.6 Å². The first-order chi connectivity index (χ1) is 9.45. The lowest BCUT2D eigenvalue weighted by Gasteiger charge is -2.04. The van der Waals surface area contributed by atoms with Crippen molar-refractivity contribution in [3.05, 3.63) is 39.9 Å². The summed E-state index contributed by atoms with van der Waals surface area (Å²) in [5, 5.41) is 17.2. The molecule has 0 aliphatic carbocycles. The third-order valence-corrected chi connectivity index (χ3v) is 2.94. The van der Waals surface area contributed by atoms with Crippen LogP contribution in [-0.2, 0) is 7.05 Å². The number of aryl methyl sites for hydroxylation is 2. The zero-order valence-corrected chi connectivity index (χ0v) is 10.8. The number of aromatic nitrogens is 5. The van der Waals surface area contributed by atoms with E-state index in [1.807, 2.05) is 6.92 Å². The Kier molecular flexibility index (Phi) is 2.46. The Labute approximate surface area is 112 Å². The maximum atomic E-state index is 11.7. The number of nitrogens with one attached hydrogen (secondary N) is 1. The molecule has 20 heavy (non-hydrogen) atoms. The molecule has 0 amide bonds. The summed E-state index contributed by atoms with van der Waals surface area (Å²) in [5.41, 5.74) is 1.82. The van der Waals surface area contributed by atoms with Crippen LogP contribution in [0.3, 0.4) is 0 Å². The summed E-state index contributed by atoms with van der Waals surface area (Å²) >= 11 is 0. The molecule has 3 aromatic rings. The second-order valence-corrected chi connectivity index (χ2v) is 4.45. The number of carboxylic acids is 1. The molecule has 0 saturated carbocycles. The zero-order chi connectivity index (χ0) is 14.4. The highest BCUT2D eigenvalue weighted by atomic mass is 16.4. The monoisotopic (exact) mass is 273 g/mol. The topological polar surface area (TPSA) is 105 Å². The minimum absolute atomic E-state index is 0.132. The smallest absolute Gasteiger partial charge is 0.356 e. The van der Waals surface area contributed by atoms with Crippen molar-refractivity contribution >= 4 is 11.6 Å². The first-order valence-corrected chi connectivity index (χ1v) is 5.83. The molecule has 8 heteroatoms. The highest BCUT2D eigenvalue weighted by Gasteiger charge is 2.15. The molecule has 0 aliphatic rings. The predicted molar refractivity (Wildman–Crippen MR) is 69.7 cm³/mol. The predicted octanol–water partition coefficient (Wildman–Crippen LogP) is 0.430. The molecule has 0 aromatic carbocycles. The molecule has 3 rings (SSSR count). The Morgan fingerprint density at radius 2 is 2.00 bits per heavy atom. The Hall–Kier alpha value is -2.90. The highest BCUT2D eigenvalue weighted by Crippen LogP contribution is 2.19. The number of hydrogen-bond donors (Lipinski definition) is 2. The van der Waals surface area contributed by atoms with Gasteiger partial charge in [-0.1, -0.05) is 0 Å². The molecule has 3 aromatic heterocycles. The quantitative estimate of drug-likeness (QED) is 0.704. The van der Waals surface area contributed by atoms with Gasteiger partial charge in [0.2, 0.25) is 0 Å². The summed E-state index contributed by atoms with van der Waals surface area (Å²) in [5.74, 6) is -1.15. The van der Waals surface area contributed by atoms with Crippen molar-refractivity contribution in [1.82, 2.24) is 24.4 Å². The molecule has 2 N–H and O–H groups in total. The standard InChI is InChI=1S/C12H11N5O3/c1-6-3-8(16(2)14-6)9-5-11(18)13-10-4-7(12(19)20)15-17(9)10/h3-5H,1-2H3,(H,13,18)(H,19,20). The number of rotatable bonds is 2. The number of carbonyl (C=O) groups is 1. The molecule has 8 nitrogen and oxygen atoms in total. The third kappa shape index (κ3) is 1.78. The van der Waals surface area contributed by atoms with E-state index in [1.54, 1.807) is 17.8 Å². The second-order valence-electron chi connectivity index (χ2n) is 4.45. The van der Waals surface area contributed by atoms with Crippen molar-refractivity contribution in [2.45, 2.75) is 6.92 Å². The minimum atomic E-state index is -1.15. The second kappa shape index (κ2) is 4.05. The zero-order valence-electron chi connectivity index (χ0n) is 10.8. The fraction of sp³-hybridized carbons (Fsp3) is 0.167. The summed E-state index contributed by atoms with van der Waals surface area (Å²) in [6.07, 6.45) is 0. The molecule has 102 valence electrons. The van der Waals surface area contributed by atoms with E-state index in [0.717, 1.165) is 5.69 Å². The van der Waals surface area contributed by atoms with Gasteiger partial charge < -0.3 is 10.1 Å². The number of hydrogen-bond acceptors (Lipinski definition) is 4. The lowest BCUT2D eigenvalue weighted by molar-refractivity contribution is 0.0690. The van der Waals surface area contributed by atoms with Crippen molar-refractivity contribution < 1.29 is 9.90 Å². The van der Waals surface area contributed by atoms with Gasteiger partial charge in [0.05, 0.1) is 17.1 Å². The van der Waals surface area contributed by atoms with E-state index < -0.39 is 5.97 Å². The van der Waals surface area contributed by atoms with Crippen molar-refractivity contribution in [2.75, 3.05) is 0 Å². The van der Waals surface area contributed by atoms with Crippen LogP contribution in [-0.4, -0.2) is 35.5 Å². The van der Waals surface area contributed by atoms with Gasteiger partial charge in [-0.05, 0) is 13.0 Å². The molecular formula is C12H11N5O3. The van der Waals surface area contributed by atoms with Gasteiger partial charge in [0.1, 0.15) is 5.65 Å². The Bertz CT molecular complexity index is 886. The Morgan fingerprint density at radius 3 is 2.60 bits per heavy atom. The molecule has 0 atom stereocenters. The summed E-state index contributed by atoms with van der Waals surface area (Å²) in [6.45, 7) is 1.83. The normalized spacial score (nSPS) is 11.1. The van der Waals surface area contributed by atoms with Gasteiger partial charge in [-0.2, -0.15) is 10.2 Å². The molecule has 0 saturated heterocycles. The van der Waals surface area contributed by atoms with Crippen LogP contribution < -0.4 is 5.56 Å². The van der Waals surface area contributed by atoms with E-state index in [2.05, 4.69) is 15.2 Å². The van der Waals surface area contributed by atoms with Gasteiger partial charge in [0, 0.05) is 19.2 Å². The van der Waals surface area contributed by atoms with E-state index in [-0.39, 0.29) is 11.3 Å². The van der Waals surface area contributed by atoms with Crippen LogP contribution in [0.25, 0.3) is 17.0 Å². The molecule has 0 aliphatic heterocycles.